The molecule has 144 valence electrons. The Bertz CT molecular complexity index is 952. The molecule has 0 aromatic heterocycles. The summed E-state index contributed by atoms with van der Waals surface area (Å²) in [7, 11) is 1.68. The first-order valence-electron chi connectivity index (χ1n) is 9.50. The number of halogens is 1. The lowest BCUT2D eigenvalue weighted by Gasteiger charge is -2.20. The van der Waals surface area contributed by atoms with Gasteiger partial charge in [0, 0.05) is 25.2 Å². The molecule has 0 saturated carbocycles. The fraction of sp³-hybridized carbons (Fsp3) is 0.250. The lowest BCUT2D eigenvalue weighted by atomic mass is 10.0. The minimum absolute atomic E-state index is 0.208. The predicted molar refractivity (Wildman–Crippen MR) is 109 cm³/mol. The number of hydrogen-bond donors (Lipinski definition) is 0. The van der Waals surface area contributed by atoms with Gasteiger partial charge in [-0.25, -0.2) is 4.39 Å². The SMILES string of the molecule is COc1cc(-c2ccc(C)cc2)cc2c1OCCN(Cc1ccc(F)cc1)C2. The topological polar surface area (TPSA) is 21.7 Å². The molecule has 28 heavy (non-hydrogen) atoms. The molecule has 0 atom stereocenters. The molecule has 0 N–H and O–H groups in total. The second-order valence-corrected chi connectivity index (χ2v) is 7.22. The zero-order valence-corrected chi connectivity index (χ0v) is 16.2. The summed E-state index contributed by atoms with van der Waals surface area (Å²) >= 11 is 0. The molecule has 3 aromatic rings. The second kappa shape index (κ2) is 8.03. The number of hydrogen-bond acceptors (Lipinski definition) is 3. The van der Waals surface area contributed by atoms with E-state index in [0.717, 1.165) is 53.4 Å². The van der Waals surface area contributed by atoms with Crippen LogP contribution >= 0.6 is 0 Å². The van der Waals surface area contributed by atoms with Crippen molar-refractivity contribution in [3.8, 4) is 22.6 Å². The fourth-order valence-corrected chi connectivity index (χ4v) is 3.59. The average Bonchev–Trinajstić information content (AvgIpc) is 2.91. The van der Waals surface area contributed by atoms with Crippen LogP contribution in [0.5, 0.6) is 11.5 Å². The quantitative estimate of drug-likeness (QED) is 0.623. The van der Waals surface area contributed by atoms with Crippen LogP contribution in [0.4, 0.5) is 4.39 Å². The van der Waals surface area contributed by atoms with Gasteiger partial charge in [0.1, 0.15) is 12.4 Å². The van der Waals surface area contributed by atoms with Gasteiger partial charge in [-0.2, -0.15) is 0 Å². The maximum absolute atomic E-state index is 13.2. The zero-order valence-electron chi connectivity index (χ0n) is 16.2. The fourth-order valence-electron chi connectivity index (χ4n) is 3.59. The summed E-state index contributed by atoms with van der Waals surface area (Å²) in [6, 6.07) is 19.4. The average molecular weight is 377 g/mol. The van der Waals surface area contributed by atoms with E-state index in [0.29, 0.717) is 6.61 Å². The van der Waals surface area contributed by atoms with E-state index in [4.69, 9.17) is 9.47 Å². The van der Waals surface area contributed by atoms with E-state index in [2.05, 4.69) is 42.2 Å². The van der Waals surface area contributed by atoms with Crippen LogP contribution in [0, 0.1) is 12.7 Å². The number of ether oxygens (including phenoxy) is 2. The molecule has 0 radical (unpaired) electrons. The van der Waals surface area contributed by atoms with E-state index in [1.807, 2.05) is 18.2 Å². The van der Waals surface area contributed by atoms with Crippen molar-refractivity contribution in [2.24, 2.45) is 0 Å². The predicted octanol–water partition coefficient (Wildman–Crippen LogP) is 5.20. The van der Waals surface area contributed by atoms with Gasteiger partial charge in [-0.05, 0) is 47.9 Å². The van der Waals surface area contributed by atoms with Crippen molar-refractivity contribution in [3.05, 3.63) is 83.2 Å². The molecule has 0 fully saturated rings. The lowest BCUT2D eigenvalue weighted by molar-refractivity contribution is 0.217. The van der Waals surface area contributed by atoms with Crippen molar-refractivity contribution in [3.63, 3.8) is 0 Å². The summed E-state index contributed by atoms with van der Waals surface area (Å²) in [4.78, 5) is 2.32. The Hall–Kier alpha value is -2.85. The molecule has 0 amide bonds. The van der Waals surface area contributed by atoms with Crippen LogP contribution in [0.1, 0.15) is 16.7 Å². The van der Waals surface area contributed by atoms with E-state index >= 15 is 0 Å². The number of methoxy groups -OCH3 is 1. The molecule has 1 aliphatic rings. The first-order valence-corrected chi connectivity index (χ1v) is 9.50. The second-order valence-electron chi connectivity index (χ2n) is 7.22. The molecule has 0 aliphatic carbocycles. The number of benzene rings is 3. The van der Waals surface area contributed by atoms with E-state index in [9.17, 15) is 4.39 Å². The van der Waals surface area contributed by atoms with Gasteiger partial charge in [-0.1, -0.05) is 42.0 Å². The van der Waals surface area contributed by atoms with Gasteiger partial charge in [0.25, 0.3) is 0 Å². The van der Waals surface area contributed by atoms with Crippen LogP contribution in [0.25, 0.3) is 11.1 Å². The standard InChI is InChI=1S/C24H24FNO2/c1-17-3-7-19(8-4-17)20-13-21-16-26(15-18-5-9-22(25)10-6-18)11-12-28-24(21)23(14-20)27-2/h3-10,13-14H,11-12,15-16H2,1-2H3. The minimum atomic E-state index is -0.208. The Labute approximate surface area is 165 Å². The van der Waals surface area contributed by atoms with Crippen LogP contribution in [-0.2, 0) is 13.1 Å². The highest BCUT2D eigenvalue weighted by molar-refractivity contribution is 5.69. The largest absolute Gasteiger partial charge is 0.493 e. The summed E-state index contributed by atoms with van der Waals surface area (Å²) in [5.41, 5.74) is 5.70. The molecule has 0 spiro atoms. The third kappa shape index (κ3) is 4.02. The third-order valence-electron chi connectivity index (χ3n) is 5.10. The summed E-state index contributed by atoms with van der Waals surface area (Å²) in [5.74, 6) is 1.37. The molecule has 3 nitrogen and oxygen atoms in total. The van der Waals surface area contributed by atoms with Gasteiger partial charge < -0.3 is 9.47 Å². The maximum atomic E-state index is 13.2. The van der Waals surface area contributed by atoms with Crippen LogP contribution in [0.2, 0.25) is 0 Å². The summed E-state index contributed by atoms with van der Waals surface area (Å²) in [5, 5.41) is 0. The van der Waals surface area contributed by atoms with Crippen molar-refractivity contribution in [1.82, 2.24) is 4.90 Å². The monoisotopic (exact) mass is 377 g/mol. The number of aryl methyl sites for hydroxylation is 1. The Balaban J connectivity index is 1.65. The Morgan fingerprint density at radius 1 is 1.00 bits per heavy atom. The van der Waals surface area contributed by atoms with Gasteiger partial charge in [-0.3, -0.25) is 4.90 Å². The van der Waals surface area contributed by atoms with Crippen LogP contribution in [-0.4, -0.2) is 25.2 Å². The Kier molecular flexibility index (Phi) is 5.31. The molecule has 0 bridgehead atoms. The zero-order chi connectivity index (χ0) is 19.5. The molecule has 1 heterocycles. The summed E-state index contributed by atoms with van der Waals surface area (Å²) in [6.07, 6.45) is 0. The Morgan fingerprint density at radius 3 is 2.46 bits per heavy atom. The van der Waals surface area contributed by atoms with Gasteiger partial charge >= 0.3 is 0 Å². The molecule has 0 saturated heterocycles. The number of rotatable bonds is 4. The molecule has 3 aromatic carbocycles. The van der Waals surface area contributed by atoms with E-state index < -0.39 is 0 Å². The van der Waals surface area contributed by atoms with Crippen molar-refractivity contribution < 1.29 is 13.9 Å². The van der Waals surface area contributed by atoms with Gasteiger partial charge in [0.2, 0.25) is 0 Å². The van der Waals surface area contributed by atoms with Crippen molar-refractivity contribution >= 4 is 0 Å². The molecule has 4 heteroatoms. The summed E-state index contributed by atoms with van der Waals surface area (Å²) < 4.78 is 24.9. The first-order chi connectivity index (χ1) is 13.6. The van der Waals surface area contributed by atoms with Crippen LogP contribution in [0.3, 0.4) is 0 Å². The highest BCUT2D eigenvalue weighted by atomic mass is 19.1. The van der Waals surface area contributed by atoms with Crippen LogP contribution < -0.4 is 9.47 Å². The number of nitrogens with zero attached hydrogens (tertiary/aromatic N) is 1. The lowest BCUT2D eigenvalue weighted by Crippen LogP contribution is -2.25. The third-order valence-corrected chi connectivity index (χ3v) is 5.10. The van der Waals surface area contributed by atoms with E-state index in [-0.39, 0.29) is 5.82 Å². The number of fused-ring (bicyclic) bond motifs is 1. The molecular weight excluding hydrogens is 353 g/mol. The van der Waals surface area contributed by atoms with Gasteiger partial charge in [0.15, 0.2) is 11.5 Å². The highest BCUT2D eigenvalue weighted by Gasteiger charge is 2.20. The molecular formula is C24H24FNO2. The normalized spacial score (nSPS) is 14.1. The smallest absolute Gasteiger partial charge is 0.165 e. The van der Waals surface area contributed by atoms with Crippen molar-refractivity contribution in [2.45, 2.75) is 20.0 Å². The molecule has 1 aliphatic heterocycles. The van der Waals surface area contributed by atoms with Gasteiger partial charge in [-0.15, -0.1) is 0 Å². The minimum Gasteiger partial charge on any atom is -0.493 e. The first kappa shape index (κ1) is 18.5. The van der Waals surface area contributed by atoms with Crippen LogP contribution in [0.15, 0.2) is 60.7 Å². The van der Waals surface area contributed by atoms with E-state index in [1.54, 1.807) is 7.11 Å². The van der Waals surface area contributed by atoms with E-state index in [1.165, 1.54) is 17.7 Å². The maximum Gasteiger partial charge on any atom is 0.165 e. The van der Waals surface area contributed by atoms with Gasteiger partial charge in [0.05, 0.1) is 7.11 Å². The van der Waals surface area contributed by atoms with Crippen molar-refractivity contribution in [1.29, 1.82) is 0 Å². The molecule has 4 rings (SSSR count). The summed E-state index contributed by atoms with van der Waals surface area (Å²) in [6.45, 7) is 4.98. The molecule has 0 unspecified atom stereocenters. The Morgan fingerprint density at radius 2 is 1.75 bits per heavy atom. The van der Waals surface area contributed by atoms with Crippen molar-refractivity contribution in [2.75, 3.05) is 20.3 Å². The highest BCUT2D eigenvalue weighted by Crippen LogP contribution is 2.38.